The van der Waals surface area contributed by atoms with Gasteiger partial charge in [-0.25, -0.2) is 12.8 Å². The van der Waals surface area contributed by atoms with Crippen LogP contribution in [0.25, 0.3) is 0 Å². The highest BCUT2D eigenvalue weighted by Gasteiger charge is 2.43. The molecule has 128 valence electrons. The monoisotopic (exact) mass is 343 g/mol. The Hall–Kier alpha value is -1.02. The molecule has 3 unspecified atom stereocenters. The molecule has 1 heterocycles. The second kappa shape index (κ2) is 6.47. The molecule has 2 fully saturated rings. The van der Waals surface area contributed by atoms with Gasteiger partial charge in [0.05, 0.1) is 25.4 Å². The number of morpholine rings is 1. The second-order valence-corrected chi connectivity index (χ2v) is 8.17. The molecule has 2 aliphatic rings. The van der Waals surface area contributed by atoms with Gasteiger partial charge in [-0.3, -0.25) is 0 Å². The Labute approximate surface area is 136 Å². The van der Waals surface area contributed by atoms with Crippen LogP contribution in [-0.2, 0) is 14.8 Å². The van der Waals surface area contributed by atoms with Crippen LogP contribution in [0.3, 0.4) is 0 Å². The number of nitrogens with zero attached hydrogens (tertiary/aromatic N) is 1. The maximum absolute atomic E-state index is 14.3. The van der Waals surface area contributed by atoms with Crippen LogP contribution in [0.4, 0.5) is 4.39 Å². The molecule has 1 aromatic carbocycles. The van der Waals surface area contributed by atoms with Crippen molar-refractivity contribution in [1.29, 1.82) is 0 Å². The van der Waals surface area contributed by atoms with Gasteiger partial charge in [-0.05, 0) is 31.4 Å². The fourth-order valence-electron chi connectivity index (χ4n) is 3.61. The molecule has 0 amide bonds. The van der Waals surface area contributed by atoms with E-state index in [-0.39, 0.29) is 30.6 Å². The lowest BCUT2D eigenvalue weighted by Crippen LogP contribution is -2.53. The SMILES string of the molecule is Cc1cccc(S(=O)(=O)N2CCOCC2C2CCCC2O)c1F. The molecule has 1 aliphatic heterocycles. The van der Waals surface area contributed by atoms with E-state index in [1.165, 1.54) is 10.4 Å². The molecule has 7 heteroatoms. The van der Waals surface area contributed by atoms with Crippen molar-refractivity contribution in [2.24, 2.45) is 5.92 Å². The number of halogens is 1. The van der Waals surface area contributed by atoms with Crippen molar-refractivity contribution >= 4 is 10.0 Å². The molecule has 3 rings (SSSR count). The minimum Gasteiger partial charge on any atom is -0.393 e. The van der Waals surface area contributed by atoms with E-state index in [1.54, 1.807) is 19.1 Å². The highest BCUT2D eigenvalue weighted by atomic mass is 32.2. The molecular weight excluding hydrogens is 321 g/mol. The summed E-state index contributed by atoms with van der Waals surface area (Å²) in [6, 6.07) is 3.96. The van der Waals surface area contributed by atoms with E-state index in [0.29, 0.717) is 12.0 Å². The summed E-state index contributed by atoms with van der Waals surface area (Å²) in [5.74, 6) is -0.859. The first kappa shape index (κ1) is 16.8. The quantitative estimate of drug-likeness (QED) is 0.907. The van der Waals surface area contributed by atoms with Gasteiger partial charge < -0.3 is 9.84 Å². The van der Waals surface area contributed by atoms with E-state index >= 15 is 0 Å². The van der Waals surface area contributed by atoms with E-state index in [1.807, 2.05) is 0 Å². The molecule has 1 aliphatic carbocycles. The summed E-state index contributed by atoms with van der Waals surface area (Å²) in [5.41, 5.74) is 0.303. The van der Waals surface area contributed by atoms with Crippen LogP contribution in [0.2, 0.25) is 0 Å². The number of sulfonamides is 1. The number of hydrogen-bond donors (Lipinski definition) is 1. The van der Waals surface area contributed by atoms with Gasteiger partial charge >= 0.3 is 0 Å². The van der Waals surface area contributed by atoms with Crippen molar-refractivity contribution in [1.82, 2.24) is 4.31 Å². The van der Waals surface area contributed by atoms with Crippen LogP contribution in [0.5, 0.6) is 0 Å². The first-order valence-electron chi connectivity index (χ1n) is 7.95. The molecule has 1 saturated heterocycles. The van der Waals surface area contributed by atoms with E-state index < -0.39 is 28.0 Å². The van der Waals surface area contributed by atoms with E-state index in [2.05, 4.69) is 0 Å². The number of aliphatic hydroxyl groups excluding tert-OH is 1. The molecule has 1 N–H and O–H groups in total. The molecule has 5 nitrogen and oxygen atoms in total. The Kier molecular flexibility index (Phi) is 4.73. The zero-order chi connectivity index (χ0) is 16.6. The van der Waals surface area contributed by atoms with E-state index in [9.17, 15) is 17.9 Å². The zero-order valence-electron chi connectivity index (χ0n) is 13.1. The molecule has 1 saturated carbocycles. The van der Waals surface area contributed by atoms with Crippen LogP contribution in [0, 0.1) is 18.7 Å². The number of benzene rings is 1. The third-order valence-electron chi connectivity index (χ3n) is 4.88. The number of hydrogen-bond acceptors (Lipinski definition) is 4. The van der Waals surface area contributed by atoms with Gasteiger partial charge in [-0.2, -0.15) is 4.31 Å². The number of rotatable bonds is 3. The standard InChI is InChI=1S/C16H22FNO4S/c1-11-4-2-7-15(16(11)17)23(20,21)18-8-9-22-10-13(18)12-5-3-6-14(12)19/h2,4,7,12-14,19H,3,5-6,8-10H2,1H3. The second-order valence-electron chi connectivity index (χ2n) is 6.31. The molecule has 0 spiro atoms. The summed E-state index contributed by atoms with van der Waals surface area (Å²) >= 11 is 0. The summed E-state index contributed by atoms with van der Waals surface area (Å²) in [6.45, 7) is 2.26. The lowest BCUT2D eigenvalue weighted by Gasteiger charge is -2.39. The fraction of sp³-hybridized carbons (Fsp3) is 0.625. The average molecular weight is 343 g/mol. The van der Waals surface area contributed by atoms with Gasteiger partial charge in [0.1, 0.15) is 10.7 Å². The predicted octanol–water partition coefficient (Wildman–Crippen LogP) is 1.68. The van der Waals surface area contributed by atoms with Crippen molar-refractivity contribution in [2.75, 3.05) is 19.8 Å². The summed E-state index contributed by atoms with van der Waals surface area (Å²) in [6.07, 6.45) is 1.78. The Morgan fingerprint density at radius 2 is 2.13 bits per heavy atom. The smallest absolute Gasteiger partial charge is 0.246 e. The normalized spacial score (nSPS) is 29.8. The topological polar surface area (TPSA) is 66.8 Å². The third kappa shape index (κ3) is 3.03. The first-order valence-corrected chi connectivity index (χ1v) is 9.39. The Bertz CT molecular complexity index is 679. The fourth-order valence-corrected chi connectivity index (χ4v) is 5.39. The Morgan fingerprint density at radius 3 is 2.83 bits per heavy atom. The van der Waals surface area contributed by atoms with Crippen LogP contribution >= 0.6 is 0 Å². The molecule has 0 radical (unpaired) electrons. The van der Waals surface area contributed by atoms with Gasteiger partial charge in [0.2, 0.25) is 10.0 Å². The molecule has 3 atom stereocenters. The highest BCUT2D eigenvalue weighted by molar-refractivity contribution is 7.89. The minimum atomic E-state index is -3.96. The van der Waals surface area contributed by atoms with Crippen LogP contribution in [0.15, 0.2) is 23.1 Å². The molecule has 0 aromatic heterocycles. The highest BCUT2D eigenvalue weighted by Crippen LogP contribution is 2.35. The Balaban J connectivity index is 1.97. The van der Waals surface area contributed by atoms with Gasteiger partial charge in [0.25, 0.3) is 0 Å². The van der Waals surface area contributed by atoms with E-state index in [0.717, 1.165) is 12.8 Å². The van der Waals surface area contributed by atoms with Crippen molar-refractivity contribution in [3.8, 4) is 0 Å². The van der Waals surface area contributed by atoms with Gasteiger partial charge in [-0.15, -0.1) is 0 Å². The van der Waals surface area contributed by atoms with Crippen molar-refractivity contribution in [2.45, 2.75) is 43.2 Å². The number of aryl methyl sites for hydroxylation is 1. The average Bonchev–Trinajstić information content (AvgIpc) is 2.96. The lowest BCUT2D eigenvalue weighted by molar-refractivity contribution is -0.0148. The van der Waals surface area contributed by atoms with Gasteiger partial charge in [0.15, 0.2) is 0 Å². The van der Waals surface area contributed by atoms with Crippen LogP contribution in [-0.4, -0.2) is 49.7 Å². The van der Waals surface area contributed by atoms with Crippen molar-refractivity contribution in [3.63, 3.8) is 0 Å². The molecule has 1 aromatic rings. The number of aliphatic hydroxyl groups is 1. The van der Waals surface area contributed by atoms with Crippen molar-refractivity contribution < 1.29 is 22.7 Å². The summed E-state index contributed by atoms with van der Waals surface area (Å²) < 4.78 is 47.1. The van der Waals surface area contributed by atoms with Crippen LogP contribution in [0.1, 0.15) is 24.8 Å². The first-order chi connectivity index (χ1) is 10.9. The van der Waals surface area contributed by atoms with Crippen LogP contribution < -0.4 is 0 Å². The maximum atomic E-state index is 14.3. The predicted molar refractivity (Wildman–Crippen MR) is 83.0 cm³/mol. The summed E-state index contributed by atoms with van der Waals surface area (Å²) in [4.78, 5) is -0.295. The zero-order valence-corrected chi connectivity index (χ0v) is 13.9. The summed E-state index contributed by atoms with van der Waals surface area (Å²) in [5, 5.41) is 10.1. The third-order valence-corrected chi connectivity index (χ3v) is 6.83. The number of ether oxygens (including phenoxy) is 1. The van der Waals surface area contributed by atoms with Crippen molar-refractivity contribution in [3.05, 3.63) is 29.6 Å². The largest absolute Gasteiger partial charge is 0.393 e. The Morgan fingerprint density at radius 1 is 1.35 bits per heavy atom. The molecule has 23 heavy (non-hydrogen) atoms. The maximum Gasteiger partial charge on any atom is 0.246 e. The molecule has 0 bridgehead atoms. The molecular formula is C16H22FNO4S. The van der Waals surface area contributed by atoms with Gasteiger partial charge in [-0.1, -0.05) is 18.6 Å². The summed E-state index contributed by atoms with van der Waals surface area (Å²) in [7, 11) is -3.96. The van der Waals surface area contributed by atoms with Gasteiger partial charge in [0, 0.05) is 12.5 Å². The lowest BCUT2D eigenvalue weighted by atomic mass is 9.96. The van der Waals surface area contributed by atoms with E-state index in [4.69, 9.17) is 4.74 Å². The minimum absolute atomic E-state index is 0.155.